The number of imidazole rings is 1. The van der Waals surface area contributed by atoms with Crippen LogP contribution in [0.15, 0.2) is 23.0 Å². The van der Waals surface area contributed by atoms with Crippen molar-refractivity contribution in [2.24, 2.45) is 0 Å². The number of para-hydroxylation sites is 1. The minimum Gasteiger partial charge on any atom is -0.478 e. The Balaban J connectivity index is 2.47. The van der Waals surface area contributed by atoms with Crippen molar-refractivity contribution in [2.75, 3.05) is 6.26 Å². The van der Waals surface area contributed by atoms with Gasteiger partial charge in [-0.3, -0.25) is 8.78 Å². The lowest BCUT2D eigenvalue weighted by Crippen LogP contribution is -2.21. The van der Waals surface area contributed by atoms with E-state index in [0.717, 1.165) is 0 Å². The average Bonchev–Trinajstić information content (AvgIpc) is 2.70. The first-order valence-electron chi connectivity index (χ1n) is 6.19. The molecule has 7 heteroatoms. The normalized spacial score (nSPS) is 14.3. The minimum atomic E-state index is -1.07. The number of benzene rings is 1. The lowest BCUT2D eigenvalue weighted by Gasteiger charge is -2.09. The van der Waals surface area contributed by atoms with E-state index in [1.807, 2.05) is 6.92 Å². The summed E-state index contributed by atoms with van der Waals surface area (Å²) in [6.07, 6.45) is 2.16. The van der Waals surface area contributed by atoms with E-state index in [1.165, 1.54) is 10.6 Å². The van der Waals surface area contributed by atoms with Gasteiger partial charge in [-0.1, -0.05) is 13.0 Å². The Kier molecular flexibility index (Phi) is 4.08. The zero-order valence-corrected chi connectivity index (χ0v) is 12.1. The molecule has 2 unspecified atom stereocenters. The molecule has 1 aromatic carbocycles. The summed E-state index contributed by atoms with van der Waals surface area (Å²) in [5.74, 6) is -1.07. The third-order valence-electron chi connectivity index (χ3n) is 3.35. The smallest absolute Gasteiger partial charge is 0.337 e. The molecule has 1 heterocycles. The highest BCUT2D eigenvalue weighted by molar-refractivity contribution is 7.84. The lowest BCUT2D eigenvalue weighted by molar-refractivity contribution is 0.0698. The third-order valence-corrected chi connectivity index (χ3v) is 4.72. The fraction of sp³-hybridized carbons (Fsp3) is 0.385. The third kappa shape index (κ3) is 2.67. The summed E-state index contributed by atoms with van der Waals surface area (Å²) in [6.45, 7) is 2.18. The number of carboxylic acid groups (broad SMARTS) is 1. The molecule has 0 aliphatic heterocycles. The maximum atomic E-state index is 11.9. The summed E-state index contributed by atoms with van der Waals surface area (Å²) in [6, 6.07) is 4.73. The molecule has 0 radical (unpaired) electrons. The first-order valence-corrected chi connectivity index (χ1v) is 7.81. The van der Waals surface area contributed by atoms with Crippen LogP contribution in [-0.2, 0) is 17.3 Å². The van der Waals surface area contributed by atoms with Gasteiger partial charge in [0, 0.05) is 28.9 Å². The maximum absolute atomic E-state index is 11.9. The number of rotatable bonds is 5. The van der Waals surface area contributed by atoms with Crippen LogP contribution in [0.2, 0.25) is 0 Å². The van der Waals surface area contributed by atoms with Gasteiger partial charge in [-0.15, -0.1) is 0 Å². The number of carboxylic acids is 1. The van der Waals surface area contributed by atoms with Crippen molar-refractivity contribution in [3.63, 3.8) is 0 Å². The predicted molar refractivity (Wildman–Crippen MR) is 77.7 cm³/mol. The number of aromatic nitrogens is 2. The highest BCUT2D eigenvalue weighted by Gasteiger charge is 2.16. The summed E-state index contributed by atoms with van der Waals surface area (Å²) >= 11 is 0. The molecular weight excluding hydrogens is 280 g/mol. The number of nitrogens with one attached hydrogen (secondary N) is 1. The Morgan fingerprint density at radius 1 is 1.50 bits per heavy atom. The number of H-pyrrole nitrogens is 1. The molecule has 0 saturated carbocycles. The summed E-state index contributed by atoms with van der Waals surface area (Å²) in [4.78, 5) is 25.8. The number of nitrogens with zero attached hydrogens (tertiary/aromatic N) is 1. The monoisotopic (exact) mass is 296 g/mol. The average molecular weight is 296 g/mol. The standard InChI is InChI=1S/C13H16N2O4S/c1-8(20(2)19)6-7-15-11-9(12(16)17)4-3-5-10(11)14-13(15)18/h3-5,8H,6-7H2,1-2H3,(H,14,18)(H,16,17). The molecule has 6 nitrogen and oxygen atoms in total. The summed E-state index contributed by atoms with van der Waals surface area (Å²) < 4.78 is 12.8. The minimum absolute atomic E-state index is 0.0520. The van der Waals surface area contributed by atoms with Crippen molar-refractivity contribution in [2.45, 2.75) is 25.1 Å². The summed E-state index contributed by atoms with van der Waals surface area (Å²) in [5, 5.41) is 9.15. The number of carbonyl (C=O) groups is 1. The van der Waals surface area contributed by atoms with Gasteiger partial charge in [0.05, 0.1) is 16.6 Å². The quantitative estimate of drug-likeness (QED) is 0.866. The van der Waals surface area contributed by atoms with Crippen LogP contribution in [-0.4, -0.2) is 36.3 Å². The lowest BCUT2D eigenvalue weighted by atomic mass is 10.2. The van der Waals surface area contributed by atoms with Crippen LogP contribution in [0.4, 0.5) is 0 Å². The fourth-order valence-corrected chi connectivity index (χ4v) is 2.52. The molecular formula is C13H16N2O4S. The second-order valence-electron chi connectivity index (χ2n) is 4.69. The molecule has 2 atom stereocenters. The predicted octanol–water partition coefficient (Wildman–Crippen LogP) is 1.18. The molecule has 0 amide bonds. The van der Waals surface area contributed by atoms with Gasteiger partial charge >= 0.3 is 11.7 Å². The number of hydrogen-bond acceptors (Lipinski definition) is 3. The maximum Gasteiger partial charge on any atom is 0.337 e. The Bertz CT molecular complexity index is 732. The Morgan fingerprint density at radius 3 is 2.80 bits per heavy atom. The van der Waals surface area contributed by atoms with Crippen molar-refractivity contribution in [3.8, 4) is 0 Å². The van der Waals surface area contributed by atoms with Gasteiger partial charge in [0.2, 0.25) is 0 Å². The van der Waals surface area contributed by atoms with Crippen LogP contribution in [0, 0.1) is 0 Å². The van der Waals surface area contributed by atoms with E-state index < -0.39 is 16.8 Å². The van der Waals surface area contributed by atoms with E-state index in [1.54, 1.807) is 18.4 Å². The van der Waals surface area contributed by atoms with Crippen molar-refractivity contribution in [1.29, 1.82) is 0 Å². The van der Waals surface area contributed by atoms with Crippen LogP contribution in [0.1, 0.15) is 23.7 Å². The van der Waals surface area contributed by atoms with Crippen LogP contribution < -0.4 is 5.69 Å². The first-order chi connectivity index (χ1) is 9.41. The van der Waals surface area contributed by atoms with Gasteiger partial charge in [-0.2, -0.15) is 0 Å². The molecule has 0 aliphatic carbocycles. The molecule has 1 aromatic heterocycles. The second kappa shape index (κ2) is 5.62. The van der Waals surface area contributed by atoms with Crippen molar-refractivity contribution in [1.82, 2.24) is 9.55 Å². The highest BCUT2D eigenvalue weighted by Crippen LogP contribution is 2.17. The van der Waals surface area contributed by atoms with E-state index in [4.69, 9.17) is 0 Å². The molecule has 0 spiro atoms. The molecule has 0 saturated heterocycles. The molecule has 0 fully saturated rings. The topological polar surface area (TPSA) is 92.2 Å². The van der Waals surface area contributed by atoms with E-state index in [-0.39, 0.29) is 16.5 Å². The van der Waals surface area contributed by atoms with Gasteiger partial charge in [-0.05, 0) is 18.6 Å². The summed E-state index contributed by atoms with van der Waals surface area (Å²) in [5.41, 5.74) is 0.633. The van der Waals surface area contributed by atoms with Gasteiger partial charge < -0.3 is 10.1 Å². The molecule has 2 N–H and O–H groups in total. The molecule has 108 valence electrons. The zero-order valence-electron chi connectivity index (χ0n) is 11.3. The Hall–Kier alpha value is -1.89. The van der Waals surface area contributed by atoms with E-state index >= 15 is 0 Å². The van der Waals surface area contributed by atoms with Crippen molar-refractivity contribution in [3.05, 3.63) is 34.2 Å². The number of aromatic carboxylic acids is 1. The van der Waals surface area contributed by atoms with Gasteiger partial charge in [0.15, 0.2) is 0 Å². The number of aromatic amines is 1. The van der Waals surface area contributed by atoms with Crippen LogP contribution in [0.5, 0.6) is 0 Å². The summed E-state index contributed by atoms with van der Waals surface area (Å²) in [7, 11) is -0.968. The van der Waals surface area contributed by atoms with Gasteiger partial charge in [0.25, 0.3) is 0 Å². The number of fused-ring (bicyclic) bond motifs is 1. The molecule has 0 aliphatic rings. The molecule has 2 rings (SSSR count). The Labute approximate surface area is 117 Å². The molecule has 0 bridgehead atoms. The van der Waals surface area contributed by atoms with E-state index in [2.05, 4.69) is 4.98 Å². The SMILES string of the molecule is CC(CCn1c(=O)[nH]c2cccc(C(=O)O)c21)S(C)=O. The molecule has 2 aromatic rings. The first kappa shape index (κ1) is 14.5. The van der Waals surface area contributed by atoms with E-state index in [9.17, 15) is 18.9 Å². The number of aryl methyl sites for hydroxylation is 1. The van der Waals surface area contributed by atoms with Crippen LogP contribution >= 0.6 is 0 Å². The second-order valence-corrected chi connectivity index (χ2v) is 6.49. The van der Waals surface area contributed by atoms with Crippen LogP contribution in [0.25, 0.3) is 11.0 Å². The zero-order chi connectivity index (χ0) is 14.9. The molecule has 20 heavy (non-hydrogen) atoms. The number of hydrogen-bond donors (Lipinski definition) is 2. The largest absolute Gasteiger partial charge is 0.478 e. The van der Waals surface area contributed by atoms with Gasteiger partial charge in [-0.25, -0.2) is 9.59 Å². The van der Waals surface area contributed by atoms with Crippen molar-refractivity contribution < 1.29 is 14.1 Å². The van der Waals surface area contributed by atoms with E-state index in [0.29, 0.717) is 24.0 Å². The van der Waals surface area contributed by atoms with Crippen molar-refractivity contribution >= 4 is 27.8 Å². The van der Waals surface area contributed by atoms with Gasteiger partial charge in [0.1, 0.15) is 0 Å². The Morgan fingerprint density at radius 2 is 2.20 bits per heavy atom. The fourth-order valence-electron chi connectivity index (χ4n) is 2.08. The highest BCUT2D eigenvalue weighted by atomic mass is 32.2. The van der Waals surface area contributed by atoms with Crippen LogP contribution in [0.3, 0.4) is 0 Å².